The topological polar surface area (TPSA) is 73.2 Å². The summed E-state index contributed by atoms with van der Waals surface area (Å²) in [6, 6.07) is 0. The van der Waals surface area contributed by atoms with Gasteiger partial charge in [0.25, 0.3) is 0 Å². The monoisotopic (exact) mass is 359 g/mol. The fourth-order valence-corrected chi connectivity index (χ4v) is 4.25. The lowest BCUT2D eigenvalue weighted by molar-refractivity contribution is -0.111. The molecule has 0 bridgehead atoms. The first-order valence-electron chi connectivity index (χ1n) is 8.21. The Bertz CT molecular complexity index is 848. The van der Waals surface area contributed by atoms with E-state index in [1.54, 1.807) is 17.0 Å². The molecule has 0 saturated carbocycles. The first-order valence-corrected chi connectivity index (χ1v) is 9.03. The lowest BCUT2D eigenvalue weighted by Crippen LogP contribution is -2.13. The van der Waals surface area contributed by atoms with Crippen LogP contribution in [0.1, 0.15) is 44.9 Å². The minimum atomic E-state index is -0.387. The Labute approximate surface area is 150 Å². The maximum Gasteiger partial charge on any atom is 0.341 e. The number of fused-ring (bicyclic) bond motifs is 1. The molecule has 7 heteroatoms. The molecule has 1 amide bonds. The normalized spacial score (nSPS) is 13.7. The van der Waals surface area contributed by atoms with Crippen LogP contribution in [0.5, 0.6) is 0 Å². The summed E-state index contributed by atoms with van der Waals surface area (Å²) < 4.78 is 6.67. The summed E-state index contributed by atoms with van der Waals surface area (Å²) in [7, 11) is 3.22. The molecule has 25 heavy (non-hydrogen) atoms. The number of ether oxygens (including phenoxy) is 1. The number of carbonyl (C=O) groups is 2. The number of amides is 1. The first-order chi connectivity index (χ1) is 12.0. The molecule has 1 N–H and O–H groups in total. The molecule has 6 nitrogen and oxygen atoms in total. The largest absolute Gasteiger partial charge is 0.465 e. The zero-order valence-corrected chi connectivity index (χ0v) is 15.4. The van der Waals surface area contributed by atoms with Crippen LogP contribution in [0.25, 0.3) is 6.08 Å². The van der Waals surface area contributed by atoms with E-state index < -0.39 is 0 Å². The molecule has 2 heterocycles. The van der Waals surface area contributed by atoms with Crippen molar-refractivity contribution >= 4 is 34.3 Å². The molecule has 0 radical (unpaired) electrons. The third kappa shape index (κ3) is 3.51. The van der Waals surface area contributed by atoms with Crippen molar-refractivity contribution in [1.82, 2.24) is 9.78 Å². The molecule has 2 aromatic heterocycles. The highest BCUT2D eigenvalue weighted by Crippen LogP contribution is 2.38. The fourth-order valence-electron chi connectivity index (χ4n) is 2.97. The predicted octanol–water partition coefficient (Wildman–Crippen LogP) is 3.11. The summed E-state index contributed by atoms with van der Waals surface area (Å²) in [5, 5.41) is 7.57. The van der Waals surface area contributed by atoms with Gasteiger partial charge in [-0.05, 0) is 44.2 Å². The molecule has 132 valence electrons. The molecule has 0 fully saturated rings. The quantitative estimate of drug-likeness (QED) is 0.672. The highest BCUT2D eigenvalue weighted by atomic mass is 32.1. The van der Waals surface area contributed by atoms with Crippen molar-refractivity contribution in [2.24, 2.45) is 7.05 Å². The van der Waals surface area contributed by atoms with Crippen molar-refractivity contribution in [1.29, 1.82) is 0 Å². The van der Waals surface area contributed by atoms with Crippen molar-refractivity contribution in [2.45, 2.75) is 32.6 Å². The molecule has 2 aromatic rings. The van der Waals surface area contributed by atoms with E-state index in [1.165, 1.54) is 29.4 Å². The Balaban J connectivity index is 1.82. The van der Waals surface area contributed by atoms with E-state index in [4.69, 9.17) is 4.74 Å². The lowest BCUT2D eigenvalue weighted by Gasteiger charge is -2.11. The van der Waals surface area contributed by atoms with Crippen LogP contribution in [0.15, 0.2) is 12.3 Å². The van der Waals surface area contributed by atoms with E-state index in [-0.39, 0.29) is 11.9 Å². The second kappa shape index (κ2) is 7.23. The fraction of sp³-hybridized carbons (Fsp3) is 0.389. The number of hydrogen-bond acceptors (Lipinski definition) is 5. The van der Waals surface area contributed by atoms with Crippen LogP contribution in [0, 0.1) is 6.92 Å². The Morgan fingerprint density at radius 2 is 2.12 bits per heavy atom. The van der Waals surface area contributed by atoms with Crippen LogP contribution in [0.3, 0.4) is 0 Å². The van der Waals surface area contributed by atoms with Crippen molar-refractivity contribution < 1.29 is 14.3 Å². The minimum Gasteiger partial charge on any atom is -0.465 e. The van der Waals surface area contributed by atoms with E-state index in [1.807, 2.05) is 14.0 Å². The first kappa shape index (κ1) is 17.4. The molecule has 3 rings (SSSR count). The lowest BCUT2D eigenvalue weighted by atomic mass is 9.95. The van der Waals surface area contributed by atoms with E-state index in [2.05, 4.69) is 10.4 Å². The molecule has 1 aliphatic carbocycles. The summed E-state index contributed by atoms with van der Waals surface area (Å²) in [6.45, 7) is 1.94. The van der Waals surface area contributed by atoms with Crippen LogP contribution in [-0.4, -0.2) is 28.8 Å². The number of aryl methyl sites for hydroxylation is 2. The van der Waals surface area contributed by atoms with Gasteiger partial charge in [-0.3, -0.25) is 9.48 Å². The van der Waals surface area contributed by atoms with Gasteiger partial charge in [0.15, 0.2) is 0 Å². The van der Waals surface area contributed by atoms with Crippen LogP contribution < -0.4 is 5.32 Å². The second-order valence-electron chi connectivity index (χ2n) is 6.04. The van der Waals surface area contributed by atoms with E-state index in [0.717, 1.165) is 42.5 Å². The Morgan fingerprint density at radius 3 is 2.80 bits per heavy atom. The molecular formula is C18H21N3O3S. The zero-order valence-electron chi connectivity index (χ0n) is 14.6. The predicted molar refractivity (Wildman–Crippen MR) is 97.9 cm³/mol. The molecule has 0 atom stereocenters. The smallest absolute Gasteiger partial charge is 0.341 e. The van der Waals surface area contributed by atoms with Crippen molar-refractivity contribution in [2.75, 3.05) is 12.4 Å². The number of nitrogens with one attached hydrogen (secondary N) is 1. The van der Waals surface area contributed by atoms with Gasteiger partial charge < -0.3 is 10.1 Å². The second-order valence-corrected chi connectivity index (χ2v) is 7.14. The third-order valence-electron chi connectivity index (χ3n) is 4.49. The standard InChI is InChI=1S/C18H21N3O3S/c1-11-12(10-19-21(11)2)8-9-15(22)20-17-16(18(23)24-3)13-6-4-5-7-14(13)25-17/h8-10H,4-7H2,1-3H3,(H,20,22)/b9-8+. The van der Waals surface area contributed by atoms with Crippen LogP contribution in [0.4, 0.5) is 5.00 Å². The van der Waals surface area contributed by atoms with Gasteiger partial charge in [0, 0.05) is 29.3 Å². The van der Waals surface area contributed by atoms with Crippen LogP contribution in [-0.2, 0) is 29.4 Å². The molecule has 0 saturated heterocycles. The Morgan fingerprint density at radius 1 is 1.36 bits per heavy atom. The van der Waals surface area contributed by atoms with Gasteiger partial charge in [-0.25, -0.2) is 4.79 Å². The number of hydrogen-bond donors (Lipinski definition) is 1. The summed E-state index contributed by atoms with van der Waals surface area (Å²) in [5.74, 6) is -0.659. The SMILES string of the molecule is COC(=O)c1c(NC(=O)/C=C/c2cnn(C)c2C)sc2c1CCCC2. The van der Waals surface area contributed by atoms with E-state index in [9.17, 15) is 9.59 Å². The number of anilines is 1. The summed E-state index contributed by atoms with van der Waals surface area (Å²) >= 11 is 1.48. The van der Waals surface area contributed by atoms with Gasteiger partial charge in [0.05, 0.1) is 18.9 Å². The average molecular weight is 359 g/mol. The third-order valence-corrected chi connectivity index (χ3v) is 5.69. The molecule has 0 aliphatic heterocycles. The van der Waals surface area contributed by atoms with Gasteiger partial charge in [0.1, 0.15) is 5.00 Å². The highest BCUT2D eigenvalue weighted by molar-refractivity contribution is 7.17. The number of aromatic nitrogens is 2. The zero-order chi connectivity index (χ0) is 18.0. The van der Waals surface area contributed by atoms with Gasteiger partial charge >= 0.3 is 5.97 Å². The maximum absolute atomic E-state index is 12.3. The van der Waals surface area contributed by atoms with Crippen molar-refractivity contribution in [3.8, 4) is 0 Å². The van der Waals surface area contributed by atoms with Crippen LogP contribution >= 0.6 is 11.3 Å². The molecular weight excluding hydrogens is 338 g/mol. The van der Waals surface area contributed by atoms with Gasteiger partial charge in [0.2, 0.25) is 5.91 Å². The number of rotatable bonds is 4. The summed E-state index contributed by atoms with van der Waals surface area (Å²) in [6.07, 6.45) is 8.88. The van der Waals surface area contributed by atoms with Gasteiger partial charge in [-0.1, -0.05) is 0 Å². The number of carbonyl (C=O) groups excluding carboxylic acids is 2. The molecule has 1 aliphatic rings. The van der Waals surface area contributed by atoms with E-state index in [0.29, 0.717) is 10.6 Å². The molecule has 0 aromatic carbocycles. The number of esters is 1. The molecule has 0 spiro atoms. The maximum atomic E-state index is 12.3. The Hall–Kier alpha value is -2.41. The van der Waals surface area contributed by atoms with Gasteiger partial charge in [-0.2, -0.15) is 5.10 Å². The van der Waals surface area contributed by atoms with Crippen molar-refractivity contribution in [3.05, 3.63) is 39.5 Å². The Kier molecular flexibility index (Phi) is 5.03. The number of methoxy groups -OCH3 is 1. The van der Waals surface area contributed by atoms with Crippen molar-refractivity contribution in [3.63, 3.8) is 0 Å². The number of thiophene rings is 1. The van der Waals surface area contributed by atoms with E-state index >= 15 is 0 Å². The summed E-state index contributed by atoms with van der Waals surface area (Å²) in [4.78, 5) is 25.7. The minimum absolute atomic E-state index is 0.271. The summed E-state index contributed by atoms with van der Waals surface area (Å²) in [5.41, 5.74) is 3.41. The average Bonchev–Trinajstić information content (AvgIpc) is 3.13. The molecule has 0 unspecified atom stereocenters. The highest BCUT2D eigenvalue weighted by Gasteiger charge is 2.26. The van der Waals surface area contributed by atoms with Crippen LogP contribution in [0.2, 0.25) is 0 Å². The van der Waals surface area contributed by atoms with Gasteiger partial charge in [-0.15, -0.1) is 11.3 Å². The number of nitrogens with zero attached hydrogens (tertiary/aromatic N) is 2.